The van der Waals surface area contributed by atoms with Crippen molar-refractivity contribution < 1.29 is 4.74 Å². The third-order valence-electron chi connectivity index (χ3n) is 2.37. The van der Waals surface area contributed by atoms with Crippen LogP contribution in [0.5, 0.6) is 0 Å². The summed E-state index contributed by atoms with van der Waals surface area (Å²) in [6, 6.07) is 1.98. The molecule has 4 nitrogen and oxygen atoms in total. The average molecular weight is 218 g/mol. The lowest BCUT2D eigenvalue weighted by Crippen LogP contribution is -2.19. The van der Waals surface area contributed by atoms with Gasteiger partial charge >= 0.3 is 0 Å². The molecule has 0 amide bonds. The first-order valence-electron chi connectivity index (χ1n) is 4.65. The predicted octanol–water partition coefficient (Wildman–Crippen LogP) is 1.25. The largest absolute Gasteiger partial charge is 0.360 e. The van der Waals surface area contributed by atoms with Gasteiger partial charge in [-0.25, -0.2) is 4.68 Å². The monoisotopic (exact) mass is 217 g/mol. The van der Waals surface area contributed by atoms with Gasteiger partial charge in [0.15, 0.2) is 0 Å². The molecule has 2 rings (SSSR count). The highest BCUT2D eigenvalue weighted by Gasteiger charge is 2.42. The summed E-state index contributed by atoms with van der Waals surface area (Å²) in [5.41, 5.74) is 6.86. The molecule has 0 unspecified atom stereocenters. The SMILES string of the molecule is CCOCn1ccc(C2(N)CC2)n1.Cl. The van der Waals surface area contributed by atoms with E-state index in [4.69, 9.17) is 10.5 Å². The fraction of sp³-hybridized carbons (Fsp3) is 0.667. The first-order valence-corrected chi connectivity index (χ1v) is 4.65. The second-order valence-electron chi connectivity index (χ2n) is 3.52. The van der Waals surface area contributed by atoms with E-state index >= 15 is 0 Å². The second-order valence-corrected chi connectivity index (χ2v) is 3.52. The number of rotatable bonds is 4. The molecule has 0 aliphatic heterocycles. The average Bonchev–Trinajstić information content (AvgIpc) is 2.69. The Labute approximate surface area is 89.8 Å². The summed E-state index contributed by atoms with van der Waals surface area (Å²) in [5, 5.41) is 4.35. The zero-order valence-electron chi connectivity index (χ0n) is 8.27. The quantitative estimate of drug-likeness (QED) is 0.826. The molecule has 0 radical (unpaired) electrons. The molecule has 1 aromatic heterocycles. The minimum Gasteiger partial charge on any atom is -0.360 e. The van der Waals surface area contributed by atoms with Crippen molar-refractivity contribution in [2.24, 2.45) is 5.73 Å². The van der Waals surface area contributed by atoms with Crippen LogP contribution in [0.2, 0.25) is 0 Å². The standard InChI is InChI=1S/C9H15N3O.ClH/c1-2-13-7-12-6-3-8(11-12)9(10)4-5-9;/h3,6H,2,4-5,7,10H2,1H3;1H. The highest BCUT2D eigenvalue weighted by atomic mass is 35.5. The van der Waals surface area contributed by atoms with Gasteiger partial charge in [-0.3, -0.25) is 0 Å². The second kappa shape index (κ2) is 4.29. The smallest absolute Gasteiger partial charge is 0.139 e. The molecule has 0 bridgehead atoms. The number of hydrogen-bond donors (Lipinski definition) is 1. The van der Waals surface area contributed by atoms with Crippen LogP contribution in [0.15, 0.2) is 12.3 Å². The molecule has 0 aromatic carbocycles. The molecule has 5 heteroatoms. The fourth-order valence-corrected chi connectivity index (χ4v) is 1.27. The lowest BCUT2D eigenvalue weighted by Gasteiger charge is -2.03. The topological polar surface area (TPSA) is 53.1 Å². The van der Waals surface area contributed by atoms with Gasteiger partial charge in [-0.15, -0.1) is 12.4 Å². The summed E-state index contributed by atoms with van der Waals surface area (Å²) >= 11 is 0. The summed E-state index contributed by atoms with van der Waals surface area (Å²) in [4.78, 5) is 0. The van der Waals surface area contributed by atoms with Crippen molar-refractivity contribution in [2.75, 3.05) is 6.61 Å². The van der Waals surface area contributed by atoms with Crippen LogP contribution in [0.25, 0.3) is 0 Å². The number of aromatic nitrogens is 2. The number of nitrogens with zero attached hydrogens (tertiary/aromatic N) is 2. The van der Waals surface area contributed by atoms with Crippen molar-refractivity contribution in [3.63, 3.8) is 0 Å². The van der Waals surface area contributed by atoms with E-state index in [0.29, 0.717) is 13.3 Å². The van der Waals surface area contributed by atoms with Crippen LogP contribution in [0.1, 0.15) is 25.5 Å². The molecule has 1 heterocycles. The molecule has 1 aliphatic carbocycles. The maximum atomic E-state index is 5.99. The van der Waals surface area contributed by atoms with Gasteiger partial charge < -0.3 is 10.5 Å². The van der Waals surface area contributed by atoms with Crippen LogP contribution in [-0.4, -0.2) is 16.4 Å². The number of nitrogens with two attached hydrogens (primary N) is 1. The van der Waals surface area contributed by atoms with E-state index in [1.165, 1.54) is 0 Å². The maximum absolute atomic E-state index is 5.99. The van der Waals surface area contributed by atoms with E-state index in [2.05, 4.69) is 5.10 Å². The number of ether oxygens (including phenoxy) is 1. The van der Waals surface area contributed by atoms with Crippen LogP contribution >= 0.6 is 12.4 Å². The summed E-state index contributed by atoms with van der Waals surface area (Å²) in [5.74, 6) is 0. The summed E-state index contributed by atoms with van der Waals surface area (Å²) in [7, 11) is 0. The lowest BCUT2D eigenvalue weighted by atomic mass is 10.2. The lowest BCUT2D eigenvalue weighted by molar-refractivity contribution is 0.0787. The van der Waals surface area contributed by atoms with Gasteiger partial charge in [-0.1, -0.05) is 0 Å². The Bertz CT molecular complexity index is 296. The van der Waals surface area contributed by atoms with E-state index in [9.17, 15) is 0 Å². The molecule has 2 N–H and O–H groups in total. The molecular weight excluding hydrogens is 202 g/mol. The van der Waals surface area contributed by atoms with Crippen LogP contribution in [0.4, 0.5) is 0 Å². The summed E-state index contributed by atoms with van der Waals surface area (Å²) in [6.07, 6.45) is 4.02. The predicted molar refractivity (Wildman–Crippen MR) is 56.2 cm³/mol. The van der Waals surface area contributed by atoms with Crippen LogP contribution in [-0.2, 0) is 17.0 Å². The third kappa shape index (κ3) is 2.26. The van der Waals surface area contributed by atoms with E-state index in [0.717, 1.165) is 18.5 Å². The molecule has 1 aromatic rings. The van der Waals surface area contributed by atoms with Crippen LogP contribution < -0.4 is 5.73 Å². The highest BCUT2D eigenvalue weighted by Crippen LogP contribution is 2.41. The van der Waals surface area contributed by atoms with Crippen LogP contribution in [0, 0.1) is 0 Å². The molecule has 0 saturated heterocycles. The zero-order chi connectivity index (χ0) is 9.31. The molecule has 1 fully saturated rings. The first-order chi connectivity index (χ1) is 6.24. The Balaban J connectivity index is 0.000000980. The zero-order valence-corrected chi connectivity index (χ0v) is 9.09. The molecule has 0 atom stereocenters. The fourth-order valence-electron chi connectivity index (χ4n) is 1.27. The summed E-state index contributed by atoms with van der Waals surface area (Å²) in [6.45, 7) is 3.20. The maximum Gasteiger partial charge on any atom is 0.139 e. The van der Waals surface area contributed by atoms with Crippen molar-refractivity contribution in [3.05, 3.63) is 18.0 Å². The minimum atomic E-state index is -0.128. The van der Waals surface area contributed by atoms with Gasteiger partial charge in [0.2, 0.25) is 0 Å². The van der Waals surface area contributed by atoms with E-state index < -0.39 is 0 Å². The molecule has 80 valence electrons. The van der Waals surface area contributed by atoms with E-state index in [1.807, 2.05) is 19.2 Å². The van der Waals surface area contributed by atoms with Crippen molar-refractivity contribution in [3.8, 4) is 0 Å². The normalized spacial score (nSPS) is 17.6. The summed E-state index contributed by atoms with van der Waals surface area (Å²) < 4.78 is 7.01. The Morgan fingerprint density at radius 3 is 2.93 bits per heavy atom. The van der Waals surface area contributed by atoms with E-state index in [1.54, 1.807) is 4.68 Å². The third-order valence-corrected chi connectivity index (χ3v) is 2.37. The molecular formula is C9H16ClN3O. The van der Waals surface area contributed by atoms with Gasteiger partial charge in [0.25, 0.3) is 0 Å². The first kappa shape index (κ1) is 11.5. The van der Waals surface area contributed by atoms with Crippen LogP contribution in [0.3, 0.4) is 0 Å². The molecule has 14 heavy (non-hydrogen) atoms. The van der Waals surface area contributed by atoms with Crippen molar-refractivity contribution in [1.29, 1.82) is 0 Å². The van der Waals surface area contributed by atoms with Crippen molar-refractivity contribution in [2.45, 2.75) is 32.0 Å². The molecule has 1 aliphatic rings. The minimum absolute atomic E-state index is 0. The Hall–Kier alpha value is -0.580. The molecule has 0 spiro atoms. The van der Waals surface area contributed by atoms with Gasteiger partial charge in [-0.05, 0) is 25.8 Å². The Morgan fingerprint density at radius 2 is 2.36 bits per heavy atom. The van der Waals surface area contributed by atoms with E-state index in [-0.39, 0.29) is 17.9 Å². The number of hydrogen-bond acceptors (Lipinski definition) is 3. The van der Waals surface area contributed by atoms with Gasteiger partial charge in [0, 0.05) is 12.8 Å². The Kier molecular flexibility index (Phi) is 3.53. The van der Waals surface area contributed by atoms with Crippen molar-refractivity contribution in [1.82, 2.24) is 9.78 Å². The number of halogens is 1. The molecule has 1 saturated carbocycles. The highest BCUT2D eigenvalue weighted by molar-refractivity contribution is 5.85. The van der Waals surface area contributed by atoms with Crippen molar-refractivity contribution >= 4 is 12.4 Å². The van der Waals surface area contributed by atoms with Gasteiger partial charge in [-0.2, -0.15) is 5.10 Å². The van der Waals surface area contributed by atoms with Gasteiger partial charge in [0.1, 0.15) is 6.73 Å². The van der Waals surface area contributed by atoms with Gasteiger partial charge in [0.05, 0.1) is 11.2 Å². The Morgan fingerprint density at radius 1 is 1.64 bits per heavy atom.